The van der Waals surface area contributed by atoms with Gasteiger partial charge in [-0.2, -0.15) is 0 Å². The Morgan fingerprint density at radius 1 is 1.56 bits per heavy atom. The first-order chi connectivity index (χ1) is 7.43. The molecule has 0 aromatic rings. The van der Waals surface area contributed by atoms with Gasteiger partial charge in [0, 0.05) is 0 Å². The van der Waals surface area contributed by atoms with E-state index in [9.17, 15) is 5.11 Å². The van der Waals surface area contributed by atoms with Gasteiger partial charge in [0.2, 0.25) is 0 Å². The van der Waals surface area contributed by atoms with Gasteiger partial charge in [-0.15, -0.1) is 0 Å². The lowest BCUT2D eigenvalue weighted by atomic mass is 9.57. The Bertz CT molecular complexity index is 328. The van der Waals surface area contributed by atoms with Gasteiger partial charge in [0.25, 0.3) is 0 Å². The van der Waals surface area contributed by atoms with E-state index < -0.39 is 0 Å². The van der Waals surface area contributed by atoms with Crippen LogP contribution in [0.25, 0.3) is 0 Å². The van der Waals surface area contributed by atoms with Crippen LogP contribution in [0, 0.1) is 17.3 Å². The number of fused-ring (bicyclic) bond motifs is 1. The second-order valence-electron chi connectivity index (χ2n) is 6.10. The highest BCUT2D eigenvalue weighted by Gasteiger charge is 2.43. The van der Waals surface area contributed by atoms with E-state index >= 15 is 0 Å². The monoisotopic (exact) mass is 220 g/mol. The molecule has 0 spiro atoms. The minimum Gasteiger partial charge on any atom is -0.389 e. The summed E-state index contributed by atoms with van der Waals surface area (Å²) in [6, 6.07) is 0. The summed E-state index contributed by atoms with van der Waals surface area (Å²) >= 11 is 0. The summed E-state index contributed by atoms with van der Waals surface area (Å²) < 4.78 is 0. The quantitative estimate of drug-likeness (QED) is 0.668. The first kappa shape index (κ1) is 11.9. The van der Waals surface area contributed by atoms with Crippen molar-refractivity contribution in [3.05, 3.63) is 23.8 Å². The summed E-state index contributed by atoms with van der Waals surface area (Å²) in [5.41, 5.74) is 3.14. The molecule has 0 aromatic heterocycles. The highest BCUT2D eigenvalue weighted by Crippen LogP contribution is 2.53. The van der Waals surface area contributed by atoms with Crippen molar-refractivity contribution >= 4 is 0 Å². The molecular weight excluding hydrogens is 196 g/mol. The third-order valence-corrected chi connectivity index (χ3v) is 4.94. The Balaban J connectivity index is 2.26. The number of aliphatic hydroxyl groups is 1. The fraction of sp³-hybridized carbons (Fsp3) is 0.733. The molecule has 1 N–H and O–H groups in total. The number of allylic oxidation sites excluding steroid dienone is 2. The average Bonchev–Trinajstić information content (AvgIpc) is 2.19. The van der Waals surface area contributed by atoms with Gasteiger partial charge in [-0.05, 0) is 49.9 Å². The van der Waals surface area contributed by atoms with Crippen molar-refractivity contribution in [1.82, 2.24) is 0 Å². The summed E-state index contributed by atoms with van der Waals surface area (Å²) in [4.78, 5) is 0. The molecule has 0 saturated heterocycles. The Morgan fingerprint density at radius 2 is 2.25 bits per heavy atom. The van der Waals surface area contributed by atoms with E-state index in [1.807, 2.05) is 0 Å². The van der Waals surface area contributed by atoms with Crippen molar-refractivity contribution in [3.8, 4) is 0 Å². The molecule has 0 bridgehead atoms. The van der Waals surface area contributed by atoms with Crippen molar-refractivity contribution in [2.75, 3.05) is 0 Å². The summed E-state index contributed by atoms with van der Waals surface area (Å²) in [5, 5.41) is 9.81. The van der Waals surface area contributed by atoms with E-state index in [0.29, 0.717) is 17.3 Å². The molecule has 16 heavy (non-hydrogen) atoms. The maximum atomic E-state index is 9.81. The highest BCUT2D eigenvalue weighted by atomic mass is 16.3. The van der Waals surface area contributed by atoms with Crippen molar-refractivity contribution < 1.29 is 5.11 Å². The van der Waals surface area contributed by atoms with E-state index in [0.717, 1.165) is 12.8 Å². The number of aliphatic hydroxyl groups excluding tert-OH is 1. The first-order valence-corrected chi connectivity index (χ1v) is 6.48. The third-order valence-electron chi connectivity index (χ3n) is 4.94. The summed E-state index contributed by atoms with van der Waals surface area (Å²) in [6.07, 6.45) is 6.42. The van der Waals surface area contributed by atoms with Gasteiger partial charge in [-0.1, -0.05) is 37.6 Å². The van der Waals surface area contributed by atoms with Gasteiger partial charge >= 0.3 is 0 Å². The molecule has 0 radical (unpaired) electrons. The third kappa shape index (κ3) is 1.86. The van der Waals surface area contributed by atoms with E-state index in [-0.39, 0.29) is 6.10 Å². The Labute approximate surface area is 99.3 Å². The lowest BCUT2D eigenvalue weighted by molar-refractivity contribution is 0.0882. The maximum absolute atomic E-state index is 9.81. The maximum Gasteiger partial charge on any atom is 0.0726 e. The molecule has 1 saturated carbocycles. The number of hydrogen-bond donors (Lipinski definition) is 1. The van der Waals surface area contributed by atoms with Gasteiger partial charge in [0.15, 0.2) is 0 Å². The van der Waals surface area contributed by atoms with Crippen LogP contribution >= 0.6 is 0 Å². The molecule has 2 rings (SSSR count). The molecule has 0 heterocycles. The van der Waals surface area contributed by atoms with Crippen LogP contribution in [0.3, 0.4) is 0 Å². The van der Waals surface area contributed by atoms with E-state index in [4.69, 9.17) is 0 Å². The van der Waals surface area contributed by atoms with Crippen LogP contribution in [0.15, 0.2) is 23.8 Å². The first-order valence-electron chi connectivity index (χ1n) is 6.48. The van der Waals surface area contributed by atoms with E-state index in [1.165, 1.54) is 24.0 Å². The largest absolute Gasteiger partial charge is 0.389 e. The minimum atomic E-state index is -0.209. The van der Waals surface area contributed by atoms with Crippen molar-refractivity contribution in [1.29, 1.82) is 0 Å². The van der Waals surface area contributed by atoms with Crippen molar-refractivity contribution in [3.63, 3.8) is 0 Å². The Hall–Kier alpha value is -0.560. The molecule has 0 amide bonds. The molecule has 2 aliphatic rings. The second kappa shape index (κ2) is 4.03. The average molecular weight is 220 g/mol. The highest BCUT2D eigenvalue weighted by molar-refractivity contribution is 5.24. The lowest BCUT2D eigenvalue weighted by Gasteiger charge is -2.48. The molecule has 0 aliphatic heterocycles. The smallest absolute Gasteiger partial charge is 0.0726 e. The lowest BCUT2D eigenvalue weighted by Crippen LogP contribution is -2.39. The van der Waals surface area contributed by atoms with Gasteiger partial charge in [0.1, 0.15) is 0 Å². The van der Waals surface area contributed by atoms with Gasteiger partial charge < -0.3 is 5.11 Å². The zero-order valence-corrected chi connectivity index (χ0v) is 10.8. The van der Waals surface area contributed by atoms with Gasteiger partial charge in [-0.3, -0.25) is 0 Å². The van der Waals surface area contributed by atoms with Crippen molar-refractivity contribution in [2.24, 2.45) is 17.3 Å². The molecule has 1 fully saturated rings. The van der Waals surface area contributed by atoms with Crippen LogP contribution < -0.4 is 0 Å². The van der Waals surface area contributed by atoms with Crippen LogP contribution in [0.5, 0.6) is 0 Å². The standard InChI is InChI=1S/C15H24O/c1-10(2)12-5-6-13-8-14(16)7-11(3)15(13,4)9-12/h8,11-12,14,16H,1,5-7,9H2,2-4H3. The molecule has 0 aromatic carbocycles. The van der Waals surface area contributed by atoms with Crippen LogP contribution in [0.1, 0.15) is 46.5 Å². The van der Waals surface area contributed by atoms with Crippen LogP contribution in [-0.4, -0.2) is 11.2 Å². The molecular formula is C15H24O. The molecule has 4 atom stereocenters. The van der Waals surface area contributed by atoms with Gasteiger partial charge in [-0.25, -0.2) is 0 Å². The van der Waals surface area contributed by atoms with Crippen LogP contribution in [0.4, 0.5) is 0 Å². The summed E-state index contributed by atoms with van der Waals surface area (Å²) in [5.74, 6) is 1.27. The molecule has 1 heteroatoms. The summed E-state index contributed by atoms with van der Waals surface area (Å²) in [7, 11) is 0. The molecule has 4 unspecified atom stereocenters. The molecule has 1 nitrogen and oxygen atoms in total. The SMILES string of the molecule is C=C(C)C1CCC2=CC(O)CC(C)C2(C)C1. The minimum absolute atomic E-state index is 0.209. The topological polar surface area (TPSA) is 20.2 Å². The Morgan fingerprint density at radius 3 is 2.88 bits per heavy atom. The van der Waals surface area contributed by atoms with Gasteiger partial charge in [0.05, 0.1) is 6.10 Å². The molecule has 90 valence electrons. The van der Waals surface area contributed by atoms with E-state index in [1.54, 1.807) is 0 Å². The van der Waals surface area contributed by atoms with Crippen LogP contribution in [-0.2, 0) is 0 Å². The van der Waals surface area contributed by atoms with Crippen LogP contribution in [0.2, 0.25) is 0 Å². The Kier molecular flexibility index (Phi) is 3.00. The fourth-order valence-electron chi connectivity index (χ4n) is 3.49. The number of hydrogen-bond acceptors (Lipinski definition) is 1. The predicted octanol–water partition coefficient (Wildman–Crippen LogP) is 3.70. The van der Waals surface area contributed by atoms with Crippen molar-refractivity contribution in [2.45, 2.75) is 52.6 Å². The second-order valence-corrected chi connectivity index (χ2v) is 6.10. The van der Waals surface area contributed by atoms with E-state index in [2.05, 4.69) is 33.4 Å². The fourth-order valence-corrected chi connectivity index (χ4v) is 3.49. The summed E-state index contributed by atoms with van der Waals surface area (Å²) in [6.45, 7) is 10.9. The zero-order valence-electron chi connectivity index (χ0n) is 10.8. The number of rotatable bonds is 1. The normalized spacial score (nSPS) is 43.5. The predicted molar refractivity (Wildman–Crippen MR) is 68.1 cm³/mol. The zero-order chi connectivity index (χ0) is 11.9. The molecule has 2 aliphatic carbocycles.